The fraction of sp³-hybridized carbons (Fsp3) is 0.444. The van der Waals surface area contributed by atoms with Gasteiger partial charge in [-0.1, -0.05) is 25.6 Å². The number of hydrogen-bond donors (Lipinski definition) is 0. The van der Waals surface area contributed by atoms with Crippen LogP contribution >= 0.6 is 0 Å². The third kappa shape index (κ3) is 4.96. The quantitative estimate of drug-likeness (QED) is 0.567. The summed E-state index contributed by atoms with van der Waals surface area (Å²) < 4.78 is 46.2. The number of halogens is 3. The SMILES string of the molecule is CCOC(C)n1nc(C(F)(F)F)cc1-c1ncccc1C#C[Si](C)(C)C. The fourth-order valence-electron chi connectivity index (χ4n) is 2.26. The number of alkyl halides is 3. The van der Waals surface area contributed by atoms with Crippen molar-refractivity contribution in [2.75, 3.05) is 6.61 Å². The zero-order chi connectivity index (χ0) is 19.5. The molecule has 26 heavy (non-hydrogen) atoms. The van der Waals surface area contributed by atoms with Crippen LogP contribution in [-0.2, 0) is 10.9 Å². The summed E-state index contributed by atoms with van der Waals surface area (Å²) in [5.41, 5.74) is 3.43. The van der Waals surface area contributed by atoms with Crippen LogP contribution in [0.2, 0.25) is 19.6 Å². The maximum absolute atomic E-state index is 13.2. The molecule has 2 rings (SSSR count). The molecule has 0 radical (unpaired) electrons. The van der Waals surface area contributed by atoms with Gasteiger partial charge in [-0.15, -0.1) is 5.54 Å². The zero-order valence-corrected chi connectivity index (χ0v) is 16.5. The van der Waals surface area contributed by atoms with Crippen LogP contribution in [0.15, 0.2) is 24.4 Å². The summed E-state index contributed by atoms with van der Waals surface area (Å²) in [5, 5.41) is 3.71. The molecule has 0 amide bonds. The highest BCUT2D eigenvalue weighted by Gasteiger charge is 2.36. The zero-order valence-electron chi connectivity index (χ0n) is 15.5. The van der Waals surface area contributed by atoms with E-state index in [1.807, 2.05) is 0 Å². The second-order valence-electron chi connectivity index (χ2n) is 6.81. The monoisotopic (exact) mass is 381 g/mol. The number of hydrogen-bond acceptors (Lipinski definition) is 3. The molecule has 0 bridgehead atoms. The first-order valence-corrected chi connectivity index (χ1v) is 11.8. The lowest BCUT2D eigenvalue weighted by Crippen LogP contribution is -2.16. The van der Waals surface area contributed by atoms with Crippen molar-refractivity contribution in [1.82, 2.24) is 14.8 Å². The van der Waals surface area contributed by atoms with Crippen LogP contribution in [0.25, 0.3) is 11.4 Å². The van der Waals surface area contributed by atoms with E-state index in [0.717, 1.165) is 6.07 Å². The van der Waals surface area contributed by atoms with Gasteiger partial charge in [-0.05, 0) is 32.0 Å². The molecule has 2 aromatic heterocycles. The second kappa shape index (κ2) is 7.64. The highest BCUT2D eigenvalue weighted by Crippen LogP contribution is 2.33. The Hall–Kier alpha value is -2.11. The second-order valence-corrected chi connectivity index (χ2v) is 11.6. The standard InChI is InChI=1S/C18H22F3N3OSi/c1-6-25-13(2)24-15(12-16(23-24)18(19,20)21)17-14(8-7-10-22-17)9-11-26(3,4)5/h7-8,10,12-13H,6H2,1-5H3. The van der Waals surface area contributed by atoms with Crippen LogP contribution in [0.5, 0.6) is 0 Å². The van der Waals surface area contributed by atoms with Gasteiger partial charge in [-0.3, -0.25) is 4.98 Å². The molecule has 0 N–H and O–H groups in total. The molecule has 1 atom stereocenters. The van der Waals surface area contributed by atoms with E-state index in [-0.39, 0.29) is 5.69 Å². The number of pyridine rings is 1. The lowest BCUT2D eigenvalue weighted by Gasteiger charge is -2.16. The number of nitrogens with zero attached hydrogens (tertiary/aromatic N) is 3. The predicted octanol–water partition coefficient (Wildman–Crippen LogP) is 4.75. The third-order valence-corrected chi connectivity index (χ3v) is 4.28. The Bertz CT molecular complexity index is 829. The van der Waals surface area contributed by atoms with Crippen LogP contribution in [-0.4, -0.2) is 29.4 Å². The van der Waals surface area contributed by atoms with E-state index >= 15 is 0 Å². The maximum Gasteiger partial charge on any atom is 0.435 e. The van der Waals surface area contributed by atoms with E-state index in [2.05, 4.69) is 41.2 Å². The van der Waals surface area contributed by atoms with Crippen LogP contribution in [0.4, 0.5) is 13.2 Å². The first-order chi connectivity index (χ1) is 12.0. The maximum atomic E-state index is 13.2. The number of rotatable bonds is 4. The summed E-state index contributed by atoms with van der Waals surface area (Å²) in [6, 6.07) is 4.47. The van der Waals surface area contributed by atoms with Crippen LogP contribution in [0.3, 0.4) is 0 Å². The van der Waals surface area contributed by atoms with Crippen molar-refractivity contribution in [3.8, 4) is 22.9 Å². The van der Waals surface area contributed by atoms with Gasteiger partial charge >= 0.3 is 6.18 Å². The molecule has 0 aromatic carbocycles. The molecule has 140 valence electrons. The van der Waals surface area contributed by atoms with Gasteiger partial charge in [0.05, 0.1) is 11.3 Å². The third-order valence-electron chi connectivity index (χ3n) is 3.40. The minimum absolute atomic E-state index is 0.235. The molecule has 0 spiro atoms. The Morgan fingerprint density at radius 3 is 2.58 bits per heavy atom. The highest BCUT2D eigenvalue weighted by atomic mass is 28.3. The summed E-state index contributed by atoms with van der Waals surface area (Å²) in [6.07, 6.45) is -3.68. The minimum atomic E-state index is -4.55. The van der Waals surface area contributed by atoms with Crippen molar-refractivity contribution < 1.29 is 17.9 Å². The van der Waals surface area contributed by atoms with E-state index < -0.39 is 26.2 Å². The molecule has 2 heterocycles. The lowest BCUT2D eigenvalue weighted by molar-refractivity contribution is -0.142. The number of aromatic nitrogens is 3. The van der Waals surface area contributed by atoms with E-state index in [0.29, 0.717) is 17.9 Å². The molecule has 8 heteroatoms. The molecule has 0 fully saturated rings. The van der Waals surface area contributed by atoms with Gasteiger partial charge < -0.3 is 4.74 Å². The Labute approximate surface area is 152 Å². The van der Waals surface area contributed by atoms with Crippen molar-refractivity contribution in [2.24, 2.45) is 0 Å². The molecule has 1 unspecified atom stereocenters. The summed E-state index contributed by atoms with van der Waals surface area (Å²) in [4.78, 5) is 4.28. The van der Waals surface area contributed by atoms with Gasteiger partial charge in [-0.2, -0.15) is 18.3 Å². The van der Waals surface area contributed by atoms with Crippen LogP contribution < -0.4 is 0 Å². The van der Waals surface area contributed by atoms with Crippen LogP contribution in [0, 0.1) is 11.5 Å². The van der Waals surface area contributed by atoms with Gasteiger partial charge in [0.2, 0.25) is 0 Å². The van der Waals surface area contributed by atoms with E-state index in [9.17, 15) is 13.2 Å². The average molecular weight is 381 g/mol. The van der Waals surface area contributed by atoms with Gasteiger partial charge in [0, 0.05) is 12.8 Å². The molecule has 0 aliphatic carbocycles. The average Bonchev–Trinajstić information content (AvgIpc) is 2.98. The topological polar surface area (TPSA) is 39.9 Å². The molecule has 0 aliphatic heterocycles. The normalized spacial score (nSPS) is 13.2. The molecule has 0 aliphatic rings. The summed E-state index contributed by atoms with van der Waals surface area (Å²) in [5.74, 6) is 3.08. The minimum Gasteiger partial charge on any atom is -0.357 e. The lowest BCUT2D eigenvalue weighted by atomic mass is 10.1. The summed E-state index contributed by atoms with van der Waals surface area (Å²) in [7, 11) is -1.65. The van der Waals surface area contributed by atoms with Gasteiger partial charge in [0.15, 0.2) is 5.69 Å². The Kier molecular flexibility index (Phi) is 5.93. The molecular formula is C18H22F3N3OSi. The van der Waals surface area contributed by atoms with E-state index in [4.69, 9.17) is 4.74 Å². The molecule has 0 saturated carbocycles. The van der Waals surface area contributed by atoms with Gasteiger partial charge in [-0.25, -0.2) is 4.68 Å². The molecule has 2 aromatic rings. The first-order valence-electron chi connectivity index (χ1n) is 8.30. The molecule has 0 saturated heterocycles. The Balaban J connectivity index is 2.64. The highest BCUT2D eigenvalue weighted by molar-refractivity contribution is 6.83. The van der Waals surface area contributed by atoms with Crippen molar-refractivity contribution in [1.29, 1.82) is 0 Å². The number of ether oxygens (including phenoxy) is 1. The Morgan fingerprint density at radius 2 is 2.00 bits per heavy atom. The first kappa shape index (κ1) is 20.2. The van der Waals surface area contributed by atoms with Crippen molar-refractivity contribution >= 4 is 8.07 Å². The van der Waals surface area contributed by atoms with E-state index in [1.165, 1.54) is 10.9 Å². The molecular weight excluding hydrogens is 359 g/mol. The van der Waals surface area contributed by atoms with Gasteiger partial charge in [0.25, 0.3) is 0 Å². The van der Waals surface area contributed by atoms with Crippen molar-refractivity contribution in [3.05, 3.63) is 35.7 Å². The fourth-order valence-corrected chi connectivity index (χ4v) is 2.77. The largest absolute Gasteiger partial charge is 0.435 e. The molecule has 4 nitrogen and oxygen atoms in total. The van der Waals surface area contributed by atoms with Crippen molar-refractivity contribution in [3.63, 3.8) is 0 Å². The smallest absolute Gasteiger partial charge is 0.357 e. The van der Waals surface area contributed by atoms with Gasteiger partial charge in [0.1, 0.15) is 20.0 Å². The summed E-state index contributed by atoms with van der Waals surface area (Å²) in [6.45, 7) is 10.1. The van der Waals surface area contributed by atoms with Crippen molar-refractivity contribution in [2.45, 2.75) is 45.9 Å². The Morgan fingerprint density at radius 1 is 1.31 bits per heavy atom. The van der Waals surface area contributed by atoms with Crippen LogP contribution in [0.1, 0.15) is 31.3 Å². The predicted molar refractivity (Wildman–Crippen MR) is 97.0 cm³/mol. The van der Waals surface area contributed by atoms with E-state index in [1.54, 1.807) is 26.0 Å². The summed E-state index contributed by atoms with van der Waals surface area (Å²) >= 11 is 0.